The molecule has 6 heteroatoms. The van der Waals surface area contributed by atoms with Crippen molar-refractivity contribution in [1.82, 2.24) is 0 Å². The van der Waals surface area contributed by atoms with Gasteiger partial charge in [0.1, 0.15) is 0 Å². The number of rotatable bonds is 6. The lowest BCUT2D eigenvalue weighted by molar-refractivity contribution is -0.144. The molecule has 0 fully saturated rings. The fourth-order valence-electron chi connectivity index (χ4n) is 7.11. The summed E-state index contributed by atoms with van der Waals surface area (Å²) in [5.74, 6) is -0.671. The van der Waals surface area contributed by atoms with Crippen molar-refractivity contribution in [2.45, 2.75) is 25.0 Å². The van der Waals surface area contributed by atoms with Gasteiger partial charge >= 0.3 is 11.9 Å². The summed E-state index contributed by atoms with van der Waals surface area (Å²) in [7, 11) is 0. The minimum absolute atomic E-state index is 0.336. The third-order valence-corrected chi connectivity index (χ3v) is 10.1. The molecular weight excluding hydrogens is 687 g/mol. The maximum atomic E-state index is 12.9. The summed E-state index contributed by atoms with van der Waals surface area (Å²) in [4.78, 5) is 25.9. The number of benzene rings is 6. The molecule has 2 atom stereocenters. The maximum absolute atomic E-state index is 12.9. The quantitative estimate of drug-likeness (QED) is 0.161. The van der Waals surface area contributed by atoms with Crippen molar-refractivity contribution in [2.24, 2.45) is 0 Å². The maximum Gasteiger partial charge on any atom is 0.340 e. The van der Waals surface area contributed by atoms with Gasteiger partial charge in [-0.25, -0.2) is 9.59 Å². The molecule has 8 rings (SSSR count). The minimum atomic E-state index is -0.956. The minimum Gasteiger partial charge on any atom is -0.446 e. The molecule has 6 aromatic rings. The van der Waals surface area contributed by atoms with Gasteiger partial charge in [0, 0.05) is 32.3 Å². The standard InChI is InChI=1S/2C23H17ClO2/c2*1-23(18-14-8-9-15-19(18)24)21(17-12-6-3-7-13-17)20(22(25)26-23)16-10-4-2-5-11-16/h2*2-15H,1H3/t2*23-/m10/s1. The molecule has 0 spiro atoms. The number of carbonyl (C=O) groups is 2. The molecule has 0 amide bonds. The van der Waals surface area contributed by atoms with Crippen LogP contribution in [0.4, 0.5) is 0 Å². The molecule has 0 radical (unpaired) electrons. The van der Waals surface area contributed by atoms with Gasteiger partial charge in [0.25, 0.3) is 0 Å². The largest absolute Gasteiger partial charge is 0.446 e. The van der Waals surface area contributed by atoms with E-state index in [-0.39, 0.29) is 11.9 Å². The molecule has 256 valence electrons. The van der Waals surface area contributed by atoms with Gasteiger partial charge in [-0.05, 0) is 48.2 Å². The Labute approximate surface area is 313 Å². The van der Waals surface area contributed by atoms with Gasteiger partial charge in [-0.1, -0.05) is 181 Å². The third-order valence-electron chi connectivity index (χ3n) is 9.48. The predicted octanol–water partition coefficient (Wildman–Crippen LogP) is 11.4. The average Bonchev–Trinajstić information content (AvgIpc) is 3.61. The first kappa shape index (κ1) is 34.8. The van der Waals surface area contributed by atoms with Crippen LogP contribution in [0.15, 0.2) is 170 Å². The van der Waals surface area contributed by atoms with Crippen LogP contribution in [0.1, 0.15) is 47.2 Å². The van der Waals surface area contributed by atoms with Crippen molar-refractivity contribution in [3.8, 4) is 0 Å². The molecule has 0 saturated carbocycles. The van der Waals surface area contributed by atoms with E-state index < -0.39 is 11.2 Å². The molecule has 0 aromatic heterocycles. The Hall–Kier alpha value is -5.68. The van der Waals surface area contributed by atoms with Crippen LogP contribution in [0, 0.1) is 0 Å². The highest BCUT2D eigenvalue weighted by atomic mass is 35.5. The summed E-state index contributed by atoms with van der Waals surface area (Å²) < 4.78 is 11.9. The Kier molecular flexibility index (Phi) is 9.70. The lowest BCUT2D eigenvalue weighted by Gasteiger charge is -2.28. The van der Waals surface area contributed by atoms with Crippen LogP contribution in [-0.4, -0.2) is 11.9 Å². The predicted molar refractivity (Wildman–Crippen MR) is 209 cm³/mol. The first-order chi connectivity index (χ1) is 25.2. The second kappa shape index (κ2) is 14.5. The van der Waals surface area contributed by atoms with Gasteiger partial charge in [-0.2, -0.15) is 0 Å². The van der Waals surface area contributed by atoms with Gasteiger partial charge in [0.2, 0.25) is 0 Å². The highest BCUT2D eigenvalue weighted by molar-refractivity contribution is 6.34. The number of carbonyl (C=O) groups excluding carboxylic acids is 2. The summed E-state index contributed by atoms with van der Waals surface area (Å²) in [5.41, 5.74) is 6.05. The molecule has 0 bridgehead atoms. The topological polar surface area (TPSA) is 52.6 Å². The second-order valence-electron chi connectivity index (χ2n) is 12.8. The van der Waals surface area contributed by atoms with Crippen LogP contribution >= 0.6 is 23.2 Å². The molecule has 0 saturated heterocycles. The highest BCUT2D eigenvalue weighted by Crippen LogP contribution is 2.52. The molecule has 2 heterocycles. The van der Waals surface area contributed by atoms with Crippen molar-refractivity contribution in [1.29, 1.82) is 0 Å². The highest BCUT2D eigenvalue weighted by Gasteiger charge is 2.48. The molecule has 2 aliphatic rings. The summed E-state index contributed by atoms with van der Waals surface area (Å²) in [6.07, 6.45) is 0. The summed E-state index contributed by atoms with van der Waals surface area (Å²) >= 11 is 12.9. The first-order valence-electron chi connectivity index (χ1n) is 16.9. The normalized spacial score (nSPS) is 19.5. The molecule has 6 aromatic carbocycles. The van der Waals surface area contributed by atoms with Crippen LogP contribution in [0.25, 0.3) is 22.3 Å². The lowest BCUT2D eigenvalue weighted by atomic mass is 9.81. The molecular formula is C46H34Cl2O4. The van der Waals surface area contributed by atoms with Gasteiger partial charge in [0.15, 0.2) is 11.2 Å². The zero-order chi connectivity index (χ0) is 36.3. The fraction of sp³-hybridized carbons (Fsp3) is 0.0870. The van der Waals surface area contributed by atoms with Crippen LogP contribution in [0.5, 0.6) is 0 Å². The van der Waals surface area contributed by atoms with Crippen molar-refractivity contribution in [2.75, 3.05) is 0 Å². The van der Waals surface area contributed by atoms with E-state index in [9.17, 15) is 9.59 Å². The van der Waals surface area contributed by atoms with Crippen molar-refractivity contribution >= 4 is 57.4 Å². The fourth-order valence-corrected chi connectivity index (χ4v) is 7.75. The summed E-state index contributed by atoms with van der Waals surface area (Å²) in [5, 5.41) is 1.15. The van der Waals surface area contributed by atoms with Gasteiger partial charge in [0.05, 0.1) is 11.1 Å². The molecule has 4 nitrogen and oxygen atoms in total. The number of ether oxygens (including phenoxy) is 2. The first-order valence-corrected chi connectivity index (χ1v) is 17.7. The van der Waals surface area contributed by atoms with Crippen molar-refractivity contribution in [3.05, 3.63) is 213 Å². The number of cyclic esters (lactones) is 2. The van der Waals surface area contributed by atoms with Crippen molar-refractivity contribution < 1.29 is 19.1 Å². The number of halogens is 2. The Balaban J connectivity index is 0.000000162. The van der Waals surface area contributed by atoms with Crippen LogP contribution in [-0.2, 0) is 30.3 Å². The Bertz CT molecular complexity index is 2150. The SMILES string of the molecule is C[C@@]1(c2ccccc2Cl)OC(=O)C(c2ccccc2)=C1c1ccccc1.C[C@]1(c2ccccc2Cl)OC(=O)C(c2ccccc2)=C1c1ccccc1. The Morgan fingerprint density at radius 3 is 0.962 bits per heavy atom. The van der Waals surface area contributed by atoms with E-state index in [1.54, 1.807) is 0 Å². The molecule has 0 N–H and O–H groups in total. The van der Waals surface area contributed by atoms with E-state index >= 15 is 0 Å². The average molecular weight is 722 g/mol. The zero-order valence-electron chi connectivity index (χ0n) is 28.6. The van der Waals surface area contributed by atoms with E-state index in [0.29, 0.717) is 21.2 Å². The van der Waals surface area contributed by atoms with Gasteiger partial charge in [-0.3, -0.25) is 0 Å². The molecule has 0 unspecified atom stereocenters. The van der Waals surface area contributed by atoms with Crippen molar-refractivity contribution in [3.63, 3.8) is 0 Å². The van der Waals surface area contributed by atoms with E-state index in [0.717, 1.165) is 44.5 Å². The number of hydrogen-bond donors (Lipinski definition) is 0. The van der Waals surface area contributed by atoms with E-state index in [2.05, 4.69) is 0 Å². The Morgan fingerprint density at radius 2 is 0.654 bits per heavy atom. The summed E-state index contributed by atoms with van der Waals surface area (Å²) in [6, 6.07) is 54.0. The summed E-state index contributed by atoms with van der Waals surface area (Å²) in [6.45, 7) is 3.81. The van der Waals surface area contributed by atoms with Gasteiger partial charge in [-0.15, -0.1) is 0 Å². The molecule has 52 heavy (non-hydrogen) atoms. The smallest absolute Gasteiger partial charge is 0.340 e. The van der Waals surface area contributed by atoms with Crippen LogP contribution < -0.4 is 0 Å². The second-order valence-corrected chi connectivity index (χ2v) is 13.6. The van der Waals surface area contributed by atoms with Crippen LogP contribution in [0.3, 0.4) is 0 Å². The van der Waals surface area contributed by atoms with E-state index in [1.807, 2.05) is 184 Å². The van der Waals surface area contributed by atoms with E-state index in [4.69, 9.17) is 32.7 Å². The number of hydrogen-bond acceptors (Lipinski definition) is 4. The van der Waals surface area contributed by atoms with Gasteiger partial charge < -0.3 is 9.47 Å². The lowest BCUT2D eigenvalue weighted by Crippen LogP contribution is -2.25. The molecule has 0 aliphatic carbocycles. The Morgan fingerprint density at radius 1 is 0.385 bits per heavy atom. The monoisotopic (exact) mass is 720 g/mol. The molecule has 2 aliphatic heterocycles. The van der Waals surface area contributed by atoms with Crippen LogP contribution in [0.2, 0.25) is 10.0 Å². The third kappa shape index (κ3) is 6.36. The number of esters is 2. The zero-order valence-corrected chi connectivity index (χ0v) is 30.1. The van der Waals surface area contributed by atoms with E-state index in [1.165, 1.54) is 0 Å².